The average Bonchev–Trinajstić information content (AvgIpc) is 2.71. The lowest BCUT2D eigenvalue weighted by Crippen LogP contribution is -2.55. The number of nitriles is 1. The molecular formula is C23H28N4O2. The summed E-state index contributed by atoms with van der Waals surface area (Å²) < 4.78 is 6.09. The predicted octanol–water partition coefficient (Wildman–Crippen LogP) is 3.40. The Balaban J connectivity index is 1.68. The van der Waals surface area contributed by atoms with Gasteiger partial charge < -0.3 is 14.5 Å². The molecule has 1 aliphatic rings. The Labute approximate surface area is 172 Å². The number of nitrogens with zero attached hydrogens (tertiary/aromatic N) is 4. The van der Waals surface area contributed by atoms with Gasteiger partial charge in [0.1, 0.15) is 11.6 Å². The zero-order chi connectivity index (χ0) is 21.0. The SMILES string of the molecule is Cc1cccc(N2CCN(C(=O)C(Oc3ccc(C#N)cc3)C(C)(C)C)CC2)n1. The van der Waals surface area contributed by atoms with Gasteiger partial charge in [-0.05, 0) is 43.3 Å². The molecule has 1 atom stereocenters. The summed E-state index contributed by atoms with van der Waals surface area (Å²) in [7, 11) is 0. The Kier molecular flexibility index (Phi) is 6.07. The van der Waals surface area contributed by atoms with E-state index in [1.165, 1.54) is 0 Å². The number of aryl methyl sites for hydroxylation is 1. The topological polar surface area (TPSA) is 69.5 Å². The number of hydrogen-bond donors (Lipinski definition) is 0. The summed E-state index contributed by atoms with van der Waals surface area (Å²) in [5, 5.41) is 8.96. The van der Waals surface area contributed by atoms with Crippen LogP contribution in [0, 0.1) is 23.7 Å². The first-order valence-corrected chi connectivity index (χ1v) is 9.92. The van der Waals surface area contributed by atoms with Crippen molar-refractivity contribution in [2.24, 2.45) is 5.41 Å². The van der Waals surface area contributed by atoms with Crippen molar-refractivity contribution in [3.63, 3.8) is 0 Å². The number of rotatable bonds is 4. The number of amides is 1. The van der Waals surface area contributed by atoms with Crippen LogP contribution < -0.4 is 9.64 Å². The van der Waals surface area contributed by atoms with Gasteiger partial charge in [-0.15, -0.1) is 0 Å². The standard InChI is InChI=1S/C23H28N4O2/c1-17-6-5-7-20(25-17)26-12-14-27(15-13-26)22(28)21(23(2,3)4)29-19-10-8-18(16-24)9-11-19/h5-11,21H,12-15H2,1-4H3. The smallest absolute Gasteiger partial charge is 0.264 e. The predicted molar refractivity (Wildman–Crippen MR) is 113 cm³/mol. The molecule has 1 saturated heterocycles. The average molecular weight is 393 g/mol. The quantitative estimate of drug-likeness (QED) is 0.798. The van der Waals surface area contributed by atoms with Crippen molar-refractivity contribution in [3.05, 3.63) is 53.7 Å². The highest BCUT2D eigenvalue weighted by atomic mass is 16.5. The monoisotopic (exact) mass is 392 g/mol. The number of carbonyl (C=O) groups is 1. The maximum Gasteiger partial charge on any atom is 0.264 e. The molecule has 0 saturated carbocycles. The lowest BCUT2D eigenvalue weighted by Gasteiger charge is -2.39. The molecule has 1 aromatic carbocycles. The van der Waals surface area contributed by atoms with Gasteiger partial charge in [0.15, 0.2) is 6.10 Å². The first-order valence-electron chi connectivity index (χ1n) is 9.92. The molecule has 1 unspecified atom stereocenters. The summed E-state index contributed by atoms with van der Waals surface area (Å²) in [4.78, 5) is 22.0. The Bertz CT molecular complexity index is 888. The Morgan fingerprint density at radius 1 is 1.10 bits per heavy atom. The minimum absolute atomic E-state index is 0.00119. The number of benzene rings is 1. The molecule has 1 aromatic heterocycles. The number of aromatic nitrogens is 1. The summed E-state index contributed by atoms with van der Waals surface area (Å²) in [6.07, 6.45) is -0.598. The van der Waals surface area contributed by atoms with Crippen molar-refractivity contribution in [3.8, 4) is 11.8 Å². The van der Waals surface area contributed by atoms with Gasteiger partial charge in [0.2, 0.25) is 0 Å². The molecular weight excluding hydrogens is 364 g/mol. The van der Waals surface area contributed by atoms with E-state index in [1.54, 1.807) is 24.3 Å². The van der Waals surface area contributed by atoms with Gasteiger partial charge in [-0.3, -0.25) is 4.79 Å². The molecule has 0 spiro atoms. The third-order valence-corrected chi connectivity index (χ3v) is 5.04. The van der Waals surface area contributed by atoms with Crippen molar-refractivity contribution in [1.29, 1.82) is 5.26 Å². The van der Waals surface area contributed by atoms with E-state index < -0.39 is 6.10 Å². The fourth-order valence-corrected chi connectivity index (χ4v) is 3.37. The molecule has 152 valence electrons. The second-order valence-corrected chi connectivity index (χ2v) is 8.45. The first-order chi connectivity index (χ1) is 13.8. The molecule has 0 aliphatic carbocycles. The third kappa shape index (κ3) is 5.05. The van der Waals surface area contributed by atoms with Crippen LogP contribution in [-0.2, 0) is 4.79 Å². The van der Waals surface area contributed by atoms with E-state index in [9.17, 15) is 4.79 Å². The largest absolute Gasteiger partial charge is 0.480 e. The van der Waals surface area contributed by atoms with Crippen molar-refractivity contribution >= 4 is 11.7 Å². The molecule has 1 amide bonds. The molecule has 0 radical (unpaired) electrons. The molecule has 0 bridgehead atoms. The number of ether oxygens (including phenoxy) is 1. The minimum Gasteiger partial charge on any atom is -0.480 e. The van der Waals surface area contributed by atoms with Gasteiger partial charge in [-0.1, -0.05) is 26.8 Å². The van der Waals surface area contributed by atoms with E-state index in [0.29, 0.717) is 24.4 Å². The van der Waals surface area contributed by atoms with Crippen LogP contribution in [0.15, 0.2) is 42.5 Å². The number of hydrogen-bond acceptors (Lipinski definition) is 5. The van der Waals surface area contributed by atoms with E-state index >= 15 is 0 Å². The maximum atomic E-state index is 13.3. The van der Waals surface area contributed by atoms with E-state index in [4.69, 9.17) is 10.00 Å². The van der Waals surface area contributed by atoms with E-state index in [-0.39, 0.29) is 11.3 Å². The third-order valence-electron chi connectivity index (χ3n) is 5.04. The second-order valence-electron chi connectivity index (χ2n) is 8.45. The van der Waals surface area contributed by atoms with Crippen LogP contribution in [0.4, 0.5) is 5.82 Å². The van der Waals surface area contributed by atoms with Crippen LogP contribution in [0.1, 0.15) is 32.0 Å². The zero-order valence-electron chi connectivity index (χ0n) is 17.6. The first kappa shape index (κ1) is 20.7. The van der Waals surface area contributed by atoms with Gasteiger partial charge >= 0.3 is 0 Å². The van der Waals surface area contributed by atoms with Crippen LogP contribution in [0.5, 0.6) is 5.75 Å². The van der Waals surface area contributed by atoms with Gasteiger partial charge in [-0.2, -0.15) is 5.26 Å². The van der Waals surface area contributed by atoms with E-state index in [2.05, 4.69) is 16.0 Å². The summed E-state index contributed by atoms with van der Waals surface area (Å²) >= 11 is 0. The van der Waals surface area contributed by atoms with Crippen LogP contribution in [-0.4, -0.2) is 48.1 Å². The lowest BCUT2D eigenvalue weighted by atomic mass is 9.87. The molecule has 29 heavy (non-hydrogen) atoms. The summed E-state index contributed by atoms with van der Waals surface area (Å²) in [5.41, 5.74) is 1.20. The Morgan fingerprint density at radius 3 is 2.31 bits per heavy atom. The number of carbonyl (C=O) groups excluding carboxylic acids is 1. The fourth-order valence-electron chi connectivity index (χ4n) is 3.37. The Hall–Kier alpha value is -3.07. The molecule has 2 aromatic rings. The van der Waals surface area contributed by atoms with Gasteiger partial charge in [0.05, 0.1) is 11.6 Å². The van der Waals surface area contributed by atoms with Crippen LogP contribution in [0.3, 0.4) is 0 Å². The molecule has 6 heteroatoms. The van der Waals surface area contributed by atoms with E-state index in [1.807, 2.05) is 50.8 Å². The van der Waals surface area contributed by atoms with Gasteiger partial charge in [-0.25, -0.2) is 4.98 Å². The molecule has 3 rings (SSSR count). The highest BCUT2D eigenvalue weighted by Crippen LogP contribution is 2.27. The van der Waals surface area contributed by atoms with Crippen LogP contribution >= 0.6 is 0 Å². The molecule has 0 N–H and O–H groups in total. The van der Waals surface area contributed by atoms with Gasteiger partial charge in [0.25, 0.3) is 5.91 Å². The summed E-state index contributed by atoms with van der Waals surface area (Å²) in [6, 6.07) is 15.0. The minimum atomic E-state index is -0.598. The zero-order valence-corrected chi connectivity index (χ0v) is 17.6. The summed E-state index contributed by atoms with van der Waals surface area (Å²) in [5.74, 6) is 1.55. The highest BCUT2D eigenvalue weighted by molar-refractivity contribution is 5.82. The Morgan fingerprint density at radius 2 is 1.76 bits per heavy atom. The maximum absolute atomic E-state index is 13.3. The van der Waals surface area contributed by atoms with Crippen molar-refractivity contribution in [2.75, 3.05) is 31.1 Å². The second kappa shape index (κ2) is 8.52. The lowest BCUT2D eigenvalue weighted by molar-refractivity contribution is -0.144. The van der Waals surface area contributed by atoms with Crippen LogP contribution in [0.25, 0.3) is 0 Å². The number of anilines is 1. The van der Waals surface area contributed by atoms with Crippen LogP contribution in [0.2, 0.25) is 0 Å². The normalized spacial score (nSPS) is 15.6. The van der Waals surface area contributed by atoms with Crippen molar-refractivity contribution < 1.29 is 9.53 Å². The summed E-state index contributed by atoms with van der Waals surface area (Å²) in [6.45, 7) is 10.8. The number of piperazine rings is 1. The molecule has 1 aliphatic heterocycles. The van der Waals surface area contributed by atoms with Crippen molar-refractivity contribution in [1.82, 2.24) is 9.88 Å². The van der Waals surface area contributed by atoms with E-state index in [0.717, 1.165) is 24.6 Å². The number of pyridine rings is 1. The fraction of sp³-hybridized carbons (Fsp3) is 0.435. The highest BCUT2D eigenvalue weighted by Gasteiger charge is 2.37. The molecule has 6 nitrogen and oxygen atoms in total. The molecule has 2 heterocycles. The van der Waals surface area contributed by atoms with Gasteiger partial charge in [0, 0.05) is 37.3 Å². The molecule has 1 fully saturated rings. The van der Waals surface area contributed by atoms with Crippen molar-refractivity contribution in [2.45, 2.75) is 33.8 Å².